The molecular weight excluding hydrogens is 244 g/mol. The molecule has 2 heteroatoms. The van der Waals surface area contributed by atoms with Crippen molar-refractivity contribution in [2.75, 3.05) is 13.1 Å². The van der Waals surface area contributed by atoms with Crippen molar-refractivity contribution in [3.63, 3.8) is 0 Å². The number of benzene rings is 1. The molecule has 112 valence electrons. The lowest BCUT2D eigenvalue weighted by Crippen LogP contribution is -2.27. The molecule has 0 heterocycles. The summed E-state index contributed by atoms with van der Waals surface area (Å²) >= 11 is 0. The molecule has 20 heavy (non-hydrogen) atoms. The second kappa shape index (κ2) is 7.80. The molecule has 0 amide bonds. The Morgan fingerprint density at radius 1 is 1.15 bits per heavy atom. The maximum Gasteiger partial charge on any atom is 0.0236 e. The van der Waals surface area contributed by atoms with Crippen LogP contribution in [0.25, 0.3) is 0 Å². The Kier molecular flexibility index (Phi) is 6.06. The Morgan fingerprint density at radius 3 is 2.40 bits per heavy atom. The molecule has 2 rings (SSSR count). The van der Waals surface area contributed by atoms with Gasteiger partial charge in [-0.05, 0) is 43.5 Å². The molecule has 1 aromatic carbocycles. The summed E-state index contributed by atoms with van der Waals surface area (Å²) in [5, 5.41) is 3.70. The Balaban J connectivity index is 1.88. The van der Waals surface area contributed by atoms with Crippen LogP contribution < -0.4 is 5.32 Å². The van der Waals surface area contributed by atoms with Gasteiger partial charge in [-0.25, -0.2) is 0 Å². The van der Waals surface area contributed by atoms with Crippen molar-refractivity contribution in [3.05, 3.63) is 35.4 Å². The molecule has 0 spiro atoms. The molecule has 0 radical (unpaired) electrons. The highest BCUT2D eigenvalue weighted by molar-refractivity contribution is 5.27. The summed E-state index contributed by atoms with van der Waals surface area (Å²) in [4.78, 5) is 2.48. The van der Waals surface area contributed by atoms with Gasteiger partial charge in [0.1, 0.15) is 0 Å². The minimum absolute atomic E-state index is 0.643. The van der Waals surface area contributed by atoms with Gasteiger partial charge in [-0.2, -0.15) is 0 Å². The monoisotopic (exact) mass is 274 g/mol. The second-order valence-electron chi connectivity index (χ2n) is 6.19. The van der Waals surface area contributed by atoms with Crippen LogP contribution in [-0.4, -0.2) is 24.0 Å². The smallest absolute Gasteiger partial charge is 0.0236 e. The zero-order chi connectivity index (χ0) is 14.4. The van der Waals surface area contributed by atoms with Crippen LogP contribution in [0, 0.1) is 5.92 Å². The number of rotatable bonds is 9. The minimum atomic E-state index is 0.643. The second-order valence-corrected chi connectivity index (χ2v) is 6.19. The molecule has 0 aromatic heterocycles. The summed E-state index contributed by atoms with van der Waals surface area (Å²) in [6, 6.07) is 9.52. The predicted octanol–water partition coefficient (Wildman–Crippen LogP) is 3.81. The molecule has 0 bridgehead atoms. The van der Waals surface area contributed by atoms with E-state index in [-0.39, 0.29) is 0 Å². The highest BCUT2D eigenvalue weighted by Crippen LogP contribution is 2.33. The Bertz CT molecular complexity index is 394. The molecule has 1 unspecified atom stereocenters. The van der Waals surface area contributed by atoms with Crippen LogP contribution in [0.3, 0.4) is 0 Å². The van der Waals surface area contributed by atoms with Crippen molar-refractivity contribution in [2.24, 2.45) is 5.92 Å². The van der Waals surface area contributed by atoms with Crippen LogP contribution in [-0.2, 0) is 13.1 Å². The van der Waals surface area contributed by atoms with Gasteiger partial charge in [-0.1, -0.05) is 51.0 Å². The van der Waals surface area contributed by atoms with E-state index in [0.717, 1.165) is 32.1 Å². The first-order valence-electron chi connectivity index (χ1n) is 8.25. The fraction of sp³-hybridized carbons (Fsp3) is 0.667. The Hall–Kier alpha value is -0.860. The van der Waals surface area contributed by atoms with Crippen molar-refractivity contribution in [2.45, 2.75) is 59.2 Å². The molecule has 1 N–H and O–H groups in total. The lowest BCUT2D eigenvalue weighted by atomic mass is 10.1. The van der Waals surface area contributed by atoms with Gasteiger partial charge in [0.05, 0.1) is 0 Å². The maximum atomic E-state index is 3.70. The van der Waals surface area contributed by atoms with Gasteiger partial charge in [0.25, 0.3) is 0 Å². The van der Waals surface area contributed by atoms with Gasteiger partial charge < -0.3 is 5.32 Å². The SMILES string of the molecule is CCN(CC)Cc1ccccc1CNC(C)CC1CC1. The zero-order valence-electron chi connectivity index (χ0n) is 13.4. The quantitative estimate of drug-likeness (QED) is 0.736. The minimum Gasteiger partial charge on any atom is -0.310 e. The first-order chi connectivity index (χ1) is 9.72. The van der Waals surface area contributed by atoms with Gasteiger partial charge in [0, 0.05) is 19.1 Å². The topological polar surface area (TPSA) is 15.3 Å². The third-order valence-electron chi connectivity index (χ3n) is 4.43. The van der Waals surface area contributed by atoms with E-state index in [4.69, 9.17) is 0 Å². The van der Waals surface area contributed by atoms with E-state index in [9.17, 15) is 0 Å². The summed E-state index contributed by atoms with van der Waals surface area (Å²) in [6.07, 6.45) is 4.24. The average molecular weight is 274 g/mol. The zero-order valence-corrected chi connectivity index (χ0v) is 13.4. The number of hydrogen-bond donors (Lipinski definition) is 1. The van der Waals surface area contributed by atoms with Crippen LogP contribution in [0.1, 0.15) is 51.2 Å². The standard InChI is InChI=1S/C18H30N2/c1-4-20(5-2)14-18-9-7-6-8-17(18)13-19-15(3)12-16-10-11-16/h6-9,15-16,19H,4-5,10-14H2,1-3H3. The average Bonchev–Trinajstić information content (AvgIpc) is 3.27. The van der Waals surface area contributed by atoms with E-state index in [1.165, 1.54) is 30.4 Å². The van der Waals surface area contributed by atoms with E-state index in [2.05, 4.69) is 55.3 Å². The van der Waals surface area contributed by atoms with Crippen molar-refractivity contribution in [1.29, 1.82) is 0 Å². The van der Waals surface area contributed by atoms with Gasteiger partial charge >= 0.3 is 0 Å². The van der Waals surface area contributed by atoms with Gasteiger partial charge in [0.2, 0.25) is 0 Å². The largest absolute Gasteiger partial charge is 0.310 e. The van der Waals surface area contributed by atoms with E-state index < -0.39 is 0 Å². The Morgan fingerprint density at radius 2 is 1.80 bits per heavy atom. The molecule has 1 aliphatic carbocycles. The lowest BCUT2D eigenvalue weighted by molar-refractivity contribution is 0.294. The first-order valence-corrected chi connectivity index (χ1v) is 8.25. The normalized spacial score (nSPS) is 16.6. The summed E-state index contributed by atoms with van der Waals surface area (Å²) in [5.74, 6) is 1.00. The summed E-state index contributed by atoms with van der Waals surface area (Å²) < 4.78 is 0. The lowest BCUT2D eigenvalue weighted by Gasteiger charge is -2.21. The van der Waals surface area contributed by atoms with Crippen molar-refractivity contribution < 1.29 is 0 Å². The molecule has 1 aliphatic rings. The van der Waals surface area contributed by atoms with Crippen LogP contribution in [0.4, 0.5) is 0 Å². The van der Waals surface area contributed by atoms with Crippen LogP contribution in [0.15, 0.2) is 24.3 Å². The van der Waals surface area contributed by atoms with Gasteiger partial charge in [-0.3, -0.25) is 4.90 Å². The molecule has 1 aromatic rings. The highest BCUT2D eigenvalue weighted by atomic mass is 15.1. The van der Waals surface area contributed by atoms with Crippen molar-refractivity contribution in [3.8, 4) is 0 Å². The molecule has 0 saturated heterocycles. The third-order valence-corrected chi connectivity index (χ3v) is 4.43. The van der Waals surface area contributed by atoms with Crippen molar-refractivity contribution in [1.82, 2.24) is 10.2 Å². The first kappa shape index (κ1) is 15.5. The Labute approximate surface area is 124 Å². The van der Waals surface area contributed by atoms with Gasteiger partial charge in [0.15, 0.2) is 0 Å². The number of nitrogens with zero attached hydrogens (tertiary/aromatic N) is 1. The van der Waals surface area contributed by atoms with Crippen molar-refractivity contribution >= 4 is 0 Å². The molecule has 1 fully saturated rings. The van der Waals surface area contributed by atoms with Crippen LogP contribution >= 0.6 is 0 Å². The van der Waals surface area contributed by atoms with E-state index in [1.54, 1.807) is 0 Å². The molecule has 1 atom stereocenters. The van der Waals surface area contributed by atoms with E-state index >= 15 is 0 Å². The maximum absolute atomic E-state index is 3.70. The predicted molar refractivity (Wildman–Crippen MR) is 86.7 cm³/mol. The summed E-state index contributed by atoms with van der Waals surface area (Å²) in [5.41, 5.74) is 2.93. The summed E-state index contributed by atoms with van der Waals surface area (Å²) in [6.45, 7) is 11.1. The fourth-order valence-electron chi connectivity index (χ4n) is 2.79. The van der Waals surface area contributed by atoms with E-state index in [1.807, 2.05) is 0 Å². The fourth-order valence-corrected chi connectivity index (χ4v) is 2.79. The number of hydrogen-bond acceptors (Lipinski definition) is 2. The molecule has 0 aliphatic heterocycles. The number of nitrogens with one attached hydrogen (secondary N) is 1. The molecule has 1 saturated carbocycles. The third kappa shape index (κ3) is 4.92. The van der Waals surface area contributed by atoms with Crippen LogP contribution in [0.2, 0.25) is 0 Å². The molecular formula is C18H30N2. The van der Waals surface area contributed by atoms with Gasteiger partial charge in [-0.15, -0.1) is 0 Å². The summed E-state index contributed by atoms with van der Waals surface area (Å²) in [7, 11) is 0. The van der Waals surface area contributed by atoms with E-state index in [0.29, 0.717) is 6.04 Å². The van der Waals surface area contributed by atoms with Crippen LogP contribution in [0.5, 0.6) is 0 Å². The highest BCUT2D eigenvalue weighted by Gasteiger charge is 2.23. The molecule has 2 nitrogen and oxygen atoms in total.